The quantitative estimate of drug-likeness (QED) is 0.398. The van der Waals surface area contributed by atoms with Crippen molar-refractivity contribution in [2.45, 2.75) is 25.2 Å². The Kier molecular flexibility index (Phi) is 7.57. The number of aryl methyl sites for hydroxylation is 1. The smallest absolute Gasteiger partial charge is 0.260 e. The van der Waals surface area contributed by atoms with E-state index in [1.54, 1.807) is 16.7 Å². The number of nitrogens with zero attached hydrogens (tertiary/aromatic N) is 3. The first-order valence-corrected chi connectivity index (χ1v) is 11.8. The first-order chi connectivity index (χ1) is 13.9. The fourth-order valence-corrected chi connectivity index (χ4v) is 5.14. The predicted molar refractivity (Wildman–Crippen MR) is 127 cm³/mol. The van der Waals surface area contributed by atoms with E-state index in [-0.39, 0.29) is 5.91 Å². The Morgan fingerprint density at radius 1 is 1.21 bits per heavy atom. The molecular weight excluding hydrogens is 422 g/mol. The lowest BCUT2D eigenvalue weighted by molar-refractivity contribution is 0.0986. The van der Waals surface area contributed by atoms with Gasteiger partial charge in [0.1, 0.15) is 0 Å². The summed E-state index contributed by atoms with van der Waals surface area (Å²) in [5.74, 6) is 0.954. The number of hydrogen-bond donors (Lipinski definition) is 0. The van der Waals surface area contributed by atoms with Gasteiger partial charge in [-0.25, -0.2) is 4.98 Å². The minimum Gasteiger partial charge on any atom is -0.309 e. The number of benzene rings is 2. The fraction of sp³-hybridized carbons (Fsp3) is 0.364. The van der Waals surface area contributed by atoms with Gasteiger partial charge in [-0.05, 0) is 69.6 Å². The van der Waals surface area contributed by atoms with E-state index in [1.807, 2.05) is 57.4 Å². The second-order valence-electron chi connectivity index (χ2n) is 7.11. The molecule has 7 heteroatoms. The molecule has 0 bridgehead atoms. The zero-order valence-electron chi connectivity index (χ0n) is 17.2. The van der Waals surface area contributed by atoms with Crippen molar-refractivity contribution in [1.29, 1.82) is 0 Å². The molecule has 0 aliphatic rings. The summed E-state index contributed by atoms with van der Waals surface area (Å²) >= 11 is 9.62. The van der Waals surface area contributed by atoms with Crippen molar-refractivity contribution in [3.05, 3.63) is 52.5 Å². The minimum atomic E-state index is -0.0184. The fourth-order valence-electron chi connectivity index (χ4n) is 3.08. The highest BCUT2D eigenvalue weighted by Crippen LogP contribution is 2.36. The van der Waals surface area contributed by atoms with Crippen molar-refractivity contribution in [3.8, 4) is 0 Å². The van der Waals surface area contributed by atoms with E-state index in [9.17, 15) is 4.79 Å². The van der Waals surface area contributed by atoms with E-state index in [1.165, 1.54) is 11.3 Å². The number of thioether (sulfide) groups is 1. The summed E-state index contributed by atoms with van der Waals surface area (Å²) in [6.07, 6.45) is 0.866. The Labute approximate surface area is 185 Å². The summed E-state index contributed by atoms with van der Waals surface area (Å²) in [6, 6.07) is 11.7. The molecule has 0 spiro atoms. The molecule has 154 valence electrons. The molecule has 0 aliphatic carbocycles. The SMILES string of the molecule is CCSc1cccc(C(=O)N(CCCN(C)C)c2nc3c(C)ccc(Cl)c3s2)c1. The van der Waals surface area contributed by atoms with E-state index in [2.05, 4.69) is 11.8 Å². The second-order valence-corrected chi connectivity index (χ2v) is 9.84. The molecule has 3 aromatic rings. The van der Waals surface area contributed by atoms with Crippen LogP contribution in [0.3, 0.4) is 0 Å². The summed E-state index contributed by atoms with van der Waals surface area (Å²) < 4.78 is 0.933. The van der Waals surface area contributed by atoms with Gasteiger partial charge >= 0.3 is 0 Å². The lowest BCUT2D eigenvalue weighted by Gasteiger charge is -2.21. The van der Waals surface area contributed by atoms with Gasteiger partial charge in [0.05, 0.1) is 15.2 Å². The highest BCUT2D eigenvalue weighted by Gasteiger charge is 2.22. The van der Waals surface area contributed by atoms with Crippen LogP contribution in [0.15, 0.2) is 41.3 Å². The average molecular weight is 448 g/mol. The van der Waals surface area contributed by atoms with Crippen LogP contribution in [0.4, 0.5) is 5.13 Å². The summed E-state index contributed by atoms with van der Waals surface area (Å²) in [5.41, 5.74) is 2.63. The molecule has 0 aliphatic heterocycles. The molecule has 0 fully saturated rings. The van der Waals surface area contributed by atoms with Crippen molar-refractivity contribution in [2.24, 2.45) is 0 Å². The van der Waals surface area contributed by atoms with Crippen LogP contribution in [-0.2, 0) is 0 Å². The molecule has 3 rings (SSSR count). The van der Waals surface area contributed by atoms with Crippen LogP contribution in [0.2, 0.25) is 5.02 Å². The monoisotopic (exact) mass is 447 g/mol. The van der Waals surface area contributed by atoms with E-state index in [0.29, 0.717) is 22.3 Å². The molecule has 0 atom stereocenters. The first-order valence-electron chi connectivity index (χ1n) is 9.65. The normalized spacial score (nSPS) is 11.4. The molecule has 1 heterocycles. The molecule has 2 aromatic carbocycles. The van der Waals surface area contributed by atoms with Crippen molar-refractivity contribution >= 4 is 56.0 Å². The second kappa shape index (κ2) is 9.94. The standard InChI is InChI=1S/C22H26ClN3OS2/c1-5-28-17-9-6-8-16(14-17)21(27)26(13-7-12-25(3)4)22-24-19-15(2)10-11-18(23)20(19)29-22/h6,8-11,14H,5,7,12-13H2,1-4H3. The number of fused-ring (bicyclic) bond motifs is 1. The number of rotatable bonds is 8. The Morgan fingerprint density at radius 3 is 2.69 bits per heavy atom. The average Bonchev–Trinajstić information content (AvgIpc) is 3.14. The molecule has 1 amide bonds. The van der Waals surface area contributed by atoms with E-state index >= 15 is 0 Å². The van der Waals surface area contributed by atoms with Gasteiger partial charge in [-0.2, -0.15) is 0 Å². The number of anilines is 1. The van der Waals surface area contributed by atoms with Gasteiger partial charge < -0.3 is 4.90 Å². The summed E-state index contributed by atoms with van der Waals surface area (Å²) in [6.45, 7) is 5.64. The van der Waals surface area contributed by atoms with Crippen LogP contribution in [0.1, 0.15) is 29.3 Å². The van der Waals surface area contributed by atoms with E-state index < -0.39 is 0 Å². The maximum atomic E-state index is 13.5. The molecule has 29 heavy (non-hydrogen) atoms. The Balaban J connectivity index is 1.98. The predicted octanol–water partition coefficient (Wildman–Crippen LogP) is 5.97. The Morgan fingerprint density at radius 2 is 2.00 bits per heavy atom. The molecule has 1 aromatic heterocycles. The van der Waals surface area contributed by atoms with Gasteiger partial charge in [0.25, 0.3) is 5.91 Å². The van der Waals surface area contributed by atoms with Gasteiger partial charge in [-0.15, -0.1) is 11.8 Å². The van der Waals surface area contributed by atoms with Crippen LogP contribution in [0, 0.1) is 6.92 Å². The maximum Gasteiger partial charge on any atom is 0.260 e. The zero-order valence-corrected chi connectivity index (χ0v) is 19.6. The van der Waals surface area contributed by atoms with Crippen LogP contribution in [0.5, 0.6) is 0 Å². The molecule has 0 unspecified atom stereocenters. The van der Waals surface area contributed by atoms with Crippen molar-refractivity contribution in [3.63, 3.8) is 0 Å². The van der Waals surface area contributed by atoms with Crippen LogP contribution < -0.4 is 4.90 Å². The highest BCUT2D eigenvalue weighted by atomic mass is 35.5. The van der Waals surface area contributed by atoms with Crippen molar-refractivity contribution in [2.75, 3.05) is 37.8 Å². The Hall–Kier alpha value is -1.60. The van der Waals surface area contributed by atoms with Gasteiger partial charge in [-0.1, -0.05) is 42.0 Å². The number of amides is 1. The summed E-state index contributed by atoms with van der Waals surface area (Å²) in [4.78, 5) is 23.3. The van der Waals surface area contributed by atoms with Gasteiger partial charge in [0.2, 0.25) is 0 Å². The molecule has 4 nitrogen and oxygen atoms in total. The van der Waals surface area contributed by atoms with E-state index in [0.717, 1.165) is 39.4 Å². The molecule has 0 radical (unpaired) electrons. The number of thiazole rings is 1. The molecule has 0 saturated heterocycles. The lowest BCUT2D eigenvalue weighted by atomic mass is 10.2. The third-order valence-electron chi connectivity index (χ3n) is 4.54. The number of carbonyl (C=O) groups excluding carboxylic acids is 1. The molecule has 0 saturated carbocycles. The zero-order chi connectivity index (χ0) is 21.0. The van der Waals surface area contributed by atoms with Crippen LogP contribution in [0.25, 0.3) is 10.2 Å². The maximum absolute atomic E-state index is 13.5. The number of aromatic nitrogens is 1. The van der Waals surface area contributed by atoms with Crippen molar-refractivity contribution < 1.29 is 4.79 Å². The topological polar surface area (TPSA) is 36.4 Å². The van der Waals surface area contributed by atoms with Gasteiger partial charge in [-0.3, -0.25) is 9.69 Å². The Bertz CT molecular complexity index is 964. The van der Waals surface area contributed by atoms with Gasteiger partial charge in [0, 0.05) is 17.0 Å². The summed E-state index contributed by atoms with van der Waals surface area (Å²) in [7, 11) is 4.08. The van der Waals surface area contributed by atoms with E-state index in [4.69, 9.17) is 16.6 Å². The largest absolute Gasteiger partial charge is 0.309 e. The third kappa shape index (κ3) is 5.31. The highest BCUT2D eigenvalue weighted by molar-refractivity contribution is 7.99. The molecule has 0 N–H and O–H groups in total. The third-order valence-corrected chi connectivity index (χ3v) is 6.96. The number of hydrogen-bond acceptors (Lipinski definition) is 5. The van der Waals surface area contributed by atoms with Crippen LogP contribution in [-0.4, -0.2) is 48.7 Å². The van der Waals surface area contributed by atoms with Crippen molar-refractivity contribution in [1.82, 2.24) is 9.88 Å². The summed E-state index contributed by atoms with van der Waals surface area (Å²) in [5, 5.41) is 1.38. The molecular formula is C22H26ClN3OS2. The first kappa shape index (κ1) is 22.1. The number of carbonyl (C=O) groups is 1. The van der Waals surface area contributed by atoms with Crippen LogP contribution >= 0.6 is 34.7 Å². The minimum absolute atomic E-state index is 0.0184. The van der Waals surface area contributed by atoms with Gasteiger partial charge in [0.15, 0.2) is 5.13 Å². The lowest BCUT2D eigenvalue weighted by Crippen LogP contribution is -2.33. The number of halogens is 1.